The minimum Gasteiger partial charge on any atom is -0.394 e. The molecule has 0 aromatic rings. The third-order valence-electron chi connectivity index (χ3n) is 1.78. The second-order valence-corrected chi connectivity index (χ2v) is 2.54. The van der Waals surface area contributed by atoms with Gasteiger partial charge in [0.25, 0.3) is 0 Å². The van der Waals surface area contributed by atoms with Gasteiger partial charge in [0.1, 0.15) is 18.3 Å². The highest BCUT2D eigenvalue weighted by molar-refractivity contribution is 4.87. The lowest BCUT2D eigenvalue weighted by Gasteiger charge is -2.10. The number of hydrogen-bond acceptors (Lipinski definition) is 4. The van der Waals surface area contributed by atoms with E-state index in [2.05, 4.69) is 0 Å². The molecular formula is C6H12O4. The maximum absolute atomic E-state index is 9.09. The third-order valence-corrected chi connectivity index (χ3v) is 1.78. The predicted molar refractivity (Wildman–Crippen MR) is 33.4 cm³/mol. The fourth-order valence-corrected chi connectivity index (χ4v) is 1.09. The Balaban J connectivity index is 2.53. The third kappa shape index (κ3) is 1.15. The quantitative estimate of drug-likeness (QED) is 0.422. The monoisotopic (exact) mass is 148 g/mol. The zero-order valence-electron chi connectivity index (χ0n) is 5.77. The van der Waals surface area contributed by atoms with Crippen molar-refractivity contribution in [2.45, 2.75) is 31.3 Å². The molecule has 1 heterocycles. The normalized spacial score (nSPS) is 48.0. The van der Waals surface area contributed by atoms with E-state index in [1.165, 1.54) is 0 Å². The van der Waals surface area contributed by atoms with Gasteiger partial charge < -0.3 is 20.1 Å². The van der Waals surface area contributed by atoms with Crippen LogP contribution in [0.1, 0.15) is 6.92 Å². The van der Waals surface area contributed by atoms with Crippen LogP contribution in [0.25, 0.3) is 0 Å². The van der Waals surface area contributed by atoms with E-state index in [1.54, 1.807) is 6.92 Å². The van der Waals surface area contributed by atoms with Gasteiger partial charge in [0.15, 0.2) is 0 Å². The first-order valence-corrected chi connectivity index (χ1v) is 3.29. The number of aliphatic hydroxyl groups is 3. The van der Waals surface area contributed by atoms with Crippen LogP contribution in [0.2, 0.25) is 0 Å². The molecule has 1 aliphatic heterocycles. The summed E-state index contributed by atoms with van der Waals surface area (Å²) in [6.45, 7) is 1.41. The molecule has 0 bridgehead atoms. The van der Waals surface area contributed by atoms with Crippen molar-refractivity contribution in [2.75, 3.05) is 6.61 Å². The summed E-state index contributed by atoms with van der Waals surface area (Å²) >= 11 is 0. The molecule has 0 aliphatic carbocycles. The summed E-state index contributed by atoms with van der Waals surface area (Å²) in [5.41, 5.74) is 0. The topological polar surface area (TPSA) is 69.9 Å². The van der Waals surface area contributed by atoms with Gasteiger partial charge in [-0.25, -0.2) is 0 Å². The Labute approximate surface area is 59.1 Å². The Morgan fingerprint density at radius 2 is 1.90 bits per heavy atom. The van der Waals surface area contributed by atoms with Gasteiger partial charge >= 0.3 is 0 Å². The first-order valence-electron chi connectivity index (χ1n) is 3.29. The van der Waals surface area contributed by atoms with Gasteiger partial charge in [-0.1, -0.05) is 0 Å². The van der Waals surface area contributed by atoms with E-state index in [-0.39, 0.29) is 12.7 Å². The molecule has 1 saturated heterocycles. The van der Waals surface area contributed by atoms with Crippen LogP contribution in [-0.2, 0) is 4.74 Å². The number of aliphatic hydroxyl groups excluding tert-OH is 3. The van der Waals surface area contributed by atoms with Gasteiger partial charge in [-0.2, -0.15) is 0 Å². The van der Waals surface area contributed by atoms with E-state index in [0.717, 1.165) is 0 Å². The van der Waals surface area contributed by atoms with Crippen molar-refractivity contribution in [2.24, 2.45) is 0 Å². The Morgan fingerprint density at radius 3 is 2.10 bits per heavy atom. The van der Waals surface area contributed by atoms with Crippen LogP contribution in [-0.4, -0.2) is 46.3 Å². The molecule has 4 nitrogen and oxygen atoms in total. The van der Waals surface area contributed by atoms with E-state index in [4.69, 9.17) is 20.1 Å². The molecule has 0 spiro atoms. The fourth-order valence-electron chi connectivity index (χ4n) is 1.09. The van der Waals surface area contributed by atoms with Crippen LogP contribution < -0.4 is 0 Å². The highest BCUT2D eigenvalue weighted by Crippen LogP contribution is 2.19. The van der Waals surface area contributed by atoms with Crippen molar-refractivity contribution in [1.29, 1.82) is 0 Å². The summed E-state index contributed by atoms with van der Waals surface area (Å²) in [7, 11) is 0. The summed E-state index contributed by atoms with van der Waals surface area (Å²) in [5, 5.41) is 26.8. The van der Waals surface area contributed by atoms with E-state index < -0.39 is 18.3 Å². The molecule has 3 N–H and O–H groups in total. The van der Waals surface area contributed by atoms with E-state index in [9.17, 15) is 0 Å². The van der Waals surface area contributed by atoms with Crippen LogP contribution >= 0.6 is 0 Å². The smallest absolute Gasteiger partial charge is 0.111 e. The van der Waals surface area contributed by atoms with Crippen LogP contribution in [0, 0.1) is 0 Å². The van der Waals surface area contributed by atoms with Gasteiger partial charge in [-0.3, -0.25) is 0 Å². The van der Waals surface area contributed by atoms with Gasteiger partial charge in [0, 0.05) is 0 Å². The lowest BCUT2D eigenvalue weighted by atomic mass is 10.1. The molecule has 10 heavy (non-hydrogen) atoms. The summed E-state index contributed by atoms with van der Waals surface area (Å²) in [6, 6.07) is 0. The summed E-state index contributed by atoms with van der Waals surface area (Å²) in [6.07, 6.45) is -2.81. The largest absolute Gasteiger partial charge is 0.394 e. The molecule has 0 aromatic carbocycles. The predicted octanol–water partition coefficient (Wildman–Crippen LogP) is -1.51. The number of hydrogen-bond donors (Lipinski definition) is 3. The van der Waals surface area contributed by atoms with E-state index in [1.807, 2.05) is 0 Å². The Morgan fingerprint density at radius 1 is 1.30 bits per heavy atom. The molecular weight excluding hydrogens is 136 g/mol. The molecule has 4 heteroatoms. The maximum atomic E-state index is 9.09. The minimum atomic E-state index is -0.944. The van der Waals surface area contributed by atoms with Crippen molar-refractivity contribution in [3.63, 3.8) is 0 Å². The van der Waals surface area contributed by atoms with Crippen LogP contribution in [0.3, 0.4) is 0 Å². The fraction of sp³-hybridized carbons (Fsp3) is 1.00. The molecule has 60 valence electrons. The lowest BCUT2D eigenvalue weighted by Crippen LogP contribution is -2.33. The zero-order valence-corrected chi connectivity index (χ0v) is 5.77. The maximum Gasteiger partial charge on any atom is 0.111 e. The summed E-state index contributed by atoms with van der Waals surface area (Å²) < 4.78 is 4.98. The van der Waals surface area contributed by atoms with Gasteiger partial charge in [-0.15, -0.1) is 0 Å². The number of ether oxygens (including phenoxy) is 1. The molecule has 4 atom stereocenters. The molecule has 1 aliphatic rings. The van der Waals surface area contributed by atoms with Crippen LogP contribution in [0.5, 0.6) is 0 Å². The Kier molecular flexibility index (Phi) is 2.25. The van der Waals surface area contributed by atoms with Gasteiger partial charge in [0.05, 0.1) is 12.7 Å². The Bertz CT molecular complexity index is 116. The van der Waals surface area contributed by atoms with Crippen molar-refractivity contribution >= 4 is 0 Å². The van der Waals surface area contributed by atoms with Crippen LogP contribution in [0.4, 0.5) is 0 Å². The average Bonchev–Trinajstić information content (AvgIpc) is 2.17. The molecule has 2 unspecified atom stereocenters. The zero-order chi connectivity index (χ0) is 7.72. The number of rotatable bonds is 1. The Hall–Kier alpha value is -0.160. The lowest BCUT2D eigenvalue weighted by molar-refractivity contribution is -0.0171. The molecule has 0 saturated carbocycles. The highest BCUT2D eigenvalue weighted by atomic mass is 16.5. The molecule has 0 amide bonds. The standard InChI is InChI=1S/C6H12O4/c1-3-5(8)6(9)4(2-7)10-3/h3-9H,2H2,1H3/t3?,4-,5?,6+/m0/s1. The molecule has 0 radical (unpaired) electrons. The SMILES string of the molecule is CC1O[C@@H](CO)[C@@H](O)C1O. The van der Waals surface area contributed by atoms with E-state index >= 15 is 0 Å². The van der Waals surface area contributed by atoms with Crippen molar-refractivity contribution in [1.82, 2.24) is 0 Å². The van der Waals surface area contributed by atoms with Crippen molar-refractivity contribution < 1.29 is 20.1 Å². The average molecular weight is 148 g/mol. The first kappa shape index (κ1) is 7.94. The van der Waals surface area contributed by atoms with Crippen molar-refractivity contribution in [3.8, 4) is 0 Å². The second-order valence-electron chi connectivity index (χ2n) is 2.54. The highest BCUT2D eigenvalue weighted by Gasteiger charge is 2.39. The first-order chi connectivity index (χ1) is 4.66. The van der Waals surface area contributed by atoms with Crippen molar-refractivity contribution in [3.05, 3.63) is 0 Å². The minimum absolute atomic E-state index is 0.247. The van der Waals surface area contributed by atoms with E-state index in [0.29, 0.717) is 0 Å². The second kappa shape index (κ2) is 2.84. The summed E-state index contributed by atoms with van der Waals surface area (Å²) in [5.74, 6) is 0. The summed E-state index contributed by atoms with van der Waals surface area (Å²) in [4.78, 5) is 0. The van der Waals surface area contributed by atoms with Crippen LogP contribution in [0.15, 0.2) is 0 Å². The van der Waals surface area contributed by atoms with Gasteiger partial charge in [0.2, 0.25) is 0 Å². The van der Waals surface area contributed by atoms with Gasteiger partial charge in [-0.05, 0) is 6.92 Å². The molecule has 1 rings (SSSR count). The molecule has 1 fully saturated rings. The molecule has 0 aromatic heterocycles.